The lowest BCUT2D eigenvalue weighted by atomic mass is 9.86. The molecular weight excluding hydrogens is 180 g/mol. The molecule has 2 rings (SSSR count). The molecule has 1 aromatic heterocycles. The second-order valence-corrected chi connectivity index (χ2v) is 3.77. The molecule has 0 unspecified atom stereocenters. The van der Waals surface area contributed by atoms with Crippen LogP contribution in [0.3, 0.4) is 0 Å². The summed E-state index contributed by atoms with van der Waals surface area (Å²) in [6.45, 7) is 0. The van der Waals surface area contributed by atoms with Gasteiger partial charge in [-0.3, -0.25) is 4.79 Å². The number of nitrogens with two attached hydrogens (primary N) is 1. The van der Waals surface area contributed by atoms with Crippen LogP contribution < -0.4 is 5.73 Å². The Balaban J connectivity index is 1.99. The lowest BCUT2D eigenvalue weighted by Gasteiger charge is -2.39. The van der Waals surface area contributed by atoms with Crippen LogP contribution >= 0.6 is 0 Å². The molecule has 0 bridgehead atoms. The number of nitrogens with zero attached hydrogens (tertiary/aromatic N) is 2. The molecule has 0 saturated heterocycles. The van der Waals surface area contributed by atoms with Crippen molar-refractivity contribution in [2.75, 3.05) is 7.05 Å². The fraction of sp³-hybridized carbons (Fsp3) is 0.556. The summed E-state index contributed by atoms with van der Waals surface area (Å²) >= 11 is 0. The predicted molar refractivity (Wildman–Crippen MR) is 51.7 cm³/mol. The Labute approximate surface area is 82.3 Å². The Morgan fingerprint density at radius 1 is 1.71 bits per heavy atom. The first-order valence-electron chi connectivity index (χ1n) is 4.69. The molecule has 1 aliphatic rings. The highest BCUT2D eigenvalue weighted by Gasteiger charge is 2.32. The molecule has 5 nitrogen and oxygen atoms in total. The number of aromatic nitrogens is 2. The molecule has 76 valence electrons. The van der Waals surface area contributed by atoms with Gasteiger partial charge in [0.1, 0.15) is 5.69 Å². The number of aromatic amines is 1. The van der Waals surface area contributed by atoms with E-state index < -0.39 is 0 Å². The average molecular weight is 194 g/mol. The molecule has 0 atom stereocenters. The normalized spacial score (nSPS) is 25.6. The van der Waals surface area contributed by atoms with Gasteiger partial charge in [-0.25, -0.2) is 4.98 Å². The van der Waals surface area contributed by atoms with Crippen LogP contribution in [0.15, 0.2) is 12.5 Å². The number of rotatable bonds is 2. The molecule has 1 aliphatic carbocycles. The van der Waals surface area contributed by atoms with Gasteiger partial charge in [-0.15, -0.1) is 0 Å². The molecule has 1 heterocycles. The van der Waals surface area contributed by atoms with E-state index >= 15 is 0 Å². The third-order valence-electron chi connectivity index (χ3n) is 2.75. The van der Waals surface area contributed by atoms with E-state index in [0.29, 0.717) is 11.7 Å². The van der Waals surface area contributed by atoms with Crippen molar-refractivity contribution in [2.24, 2.45) is 5.73 Å². The predicted octanol–water partition coefficient (Wildman–Crippen LogP) is -0.0286. The standard InChI is InChI=1S/C9H14N4O/c1-13(7-2-6(10)3-7)9(14)8-4-11-5-12-8/h4-7H,2-3,10H2,1H3,(H,11,12). The van der Waals surface area contributed by atoms with Crippen molar-refractivity contribution in [2.45, 2.75) is 24.9 Å². The van der Waals surface area contributed by atoms with Crippen LogP contribution in [0.1, 0.15) is 23.3 Å². The number of nitrogens with one attached hydrogen (secondary N) is 1. The first-order valence-corrected chi connectivity index (χ1v) is 4.69. The topological polar surface area (TPSA) is 75.0 Å². The maximum atomic E-state index is 11.8. The highest BCUT2D eigenvalue weighted by molar-refractivity contribution is 5.92. The lowest BCUT2D eigenvalue weighted by molar-refractivity contribution is 0.0620. The van der Waals surface area contributed by atoms with Gasteiger partial charge in [0, 0.05) is 19.1 Å². The van der Waals surface area contributed by atoms with E-state index in [-0.39, 0.29) is 11.9 Å². The van der Waals surface area contributed by atoms with Crippen molar-refractivity contribution in [1.82, 2.24) is 14.9 Å². The summed E-state index contributed by atoms with van der Waals surface area (Å²) < 4.78 is 0. The van der Waals surface area contributed by atoms with E-state index in [9.17, 15) is 4.79 Å². The SMILES string of the molecule is CN(C(=O)c1cnc[nH]1)C1CC(N)C1. The van der Waals surface area contributed by atoms with E-state index in [1.807, 2.05) is 0 Å². The summed E-state index contributed by atoms with van der Waals surface area (Å²) in [5.74, 6) is -0.0144. The van der Waals surface area contributed by atoms with Crippen LogP contribution in [0.25, 0.3) is 0 Å². The van der Waals surface area contributed by atoms with Crippen molar-refractivity contribution in [3.05, 3.63) is 18.2 Å². The van der Waals surface area contributed by atoms with E-state index in [0.717, 1.165) is 12.8 Å². The van der Waals surface area contributed by atoms with Crippen LogP contribution in [-0.4, -0.2) is 39.9 Å². The summed E-state index contributed by atoms with van der Waals surface area (Å²) in [5, 5.41) is 0. The highest BCUT2D eigenvalue weighted by atomic mass is 16.2. The molecule has 0 radical (unpaired) electrons. The summed E-state index contributed by atoms with van der Waals surface area (Å²) in [6, 6.07) is 0.554. The third kappa shape index (κ3) is 1.50. The van der Waals surface area contributed by atoms with Gasteiger partial charge in [0.2, 0.25) is 0 Å². The second-order valence-electron chi connectivity index (χ2n) is 3.77. The van der Waals surface area contributed by atoms with Gasteiger partial charge in [-0.1, -0.05) is 0 Å². The molecule has 0 spiro atoms. The monoisotopic (exact) mass is 194 g/mol. The molecule has 3 N–H and O–H groups in total. The van der Waals surface area contributed by atoms with Crippen molar-refractivity contribution >= 4 is 5.91 Å². The van der Waals surface area contributed by atoms with Crippen molar-refractivity contribution in [1.29, 1.82) is 0 Å². The third-order valence-corrected chi connectivity index (χ3v) is 2.75. The van der Waals surface area contributed by atoms with Crippen molar-refractivity contribution in [3.63, 3.8) is 0 Å². The number of hydrogen-bond donors (Lipinski definition) is 2. The smallest absolute Gasteiger partial charge is 0.271 e. The van der Waals surface area contributed by atoms with Crippen LogP contribution in [0.5, 0.6) is 0 Å². The Kier molecular flexibility index (Phi) is 2.25. The first kappa shape index (κ1) is 9.21. The van der Waals surface area contributed by atoms with Crippen LogP contribution in [0.2, 0.25) is 0 Å². The molecule has 1 fully saturated rings. The van der Waals surface area contributed by atoms with Gasteiger partial charge in [0.25, 0.3) is 5.91 Å². The fourth-order valence-corrected chi connectivity index (χ4v) is 1.67. The van der Waals surface area contributed by atoms with Crippen LogP contribution in [-0.2, 0) is 0 Å². The van der Waals surface area contributed by atoms with Gasteiger partial charge in [0.15, 0.2) is 0 Å². The second kappa shape index (κ2) is 3.42. The fourth-order valence-electron chi connectivity index (χ4n) is 1.67. The molecule has 1 saturated carbocycles. The zero-order valence-electron chi connectivity index (χ0n) is 8.10. The molecule has 0 aromatic carbocycles. The highest BCUT2D eigenvalue weighted by Crippen LogP contribution is 2.23. The number of carbonyl (C=O) groups excluding carboxylic acids is 1. The summed E-state index contributed by atoms with van der Waals surface area (Å²) in [6.07, 6.45) is 4.85. The van der Waals surface area contributed by atoms with Crippen molar-refractivity contribution in [3.8, 4) is 0 Å². The van der Waals surface area contributed by atoms with Gasteiger partial charge in [0.05, 0.1) is 12.5 Å². The number of H-pyrrole nitrogens is 1. The Morgan fingerprint density at radius 3 is 2.93 bits per heavy atom. The van der Waals surface area contributed by atoms with Crippen molar-refractivity contribution < 1.29 is 4.79 Å². The molecule has 1 amide bonds. The minimum Gasteiger partial charge on any atom is -0.341 e. The minimum absolute atomic E-state index is 0.0144. The summed E-state index contributed by atoms with van der Waals surface area (Å²) in [4.78, 5) is 20.1. The molecular formula is C9H14N4O. The lowest BCUT2D eigenvalue weighted by Crippen LogP contribution is -2.51. The maximum Gasteiger partial charge on any atom is 0.271 e. The quantitative estimate of drug-likeness (QED) is 0.694. The van der Waals surface area contributed by atoms with E-state index in [1.54, 1.807) is 11.9 Å². The molecule has 1 aromatic rings. The van der Waals surface area contributed by atoms with Gasteiger partial charge >= 0.3 is 0 Å². The average Bonchev–Trinajstić information content (AvgIpc) is 2.63. The molecule has 5 heteroatoms. The van der Waals surface area contributed by atoms with Gasteiger partial charge in [-0.05, 0) is 12.8 Å². The number of carbonyl (C=O) groups is 1. The summed E-state index contributed by atoms with van der Waals surface area (Å²) in [5.41, 5.74) is 6.20. The number of amides is 1. The van der Waals surface area contributed by atoms with E-state index in [4.69, 9.17) is 5.73 Å². The first-order chi connectivity index (χ1) is 6.68. The Bertz CT molecular complexity index is 316. The Hall–Kier alpha value is -1.36. The summed E-state index contributed by atoms with van der Waals surface area (Å²) in [7, 11) is 1.81. The maximum absolute atomic E-state index is 11.8. The van der Waals surface area contributed by atoms with Crippen LogP contribution in [0.4, 0.5) is 0 Å². The van der Waals surface area contributed by atoms with Gasteiger partial charge in [-0.2, -0.15) is 0 Å². The minimum atomic E-state index is -0.0144. The van der Waals surface area contributed by atoms with E-state index in [2.05, 4.69) is 9.97 Å². The largest absolute Gasteiger partial charge is 0.341 e. The van der Waals surface area contributed by atoms with E-state index in [1.165, 1.54) is 12.5 Å². The zero-order chi connectivity index (χ0) is 10.1. The zero-order valence-corrected chi connectivity index (χ0v) is 8.10. The number of imidazole rings is 1. The number of hydrogen-bond acceptors (Lipinski definition) is 3. The molecule has 0 aliphatic heterocycles. The molecule has 14 heavy (non-hydrogen) atoms. The van der Waals surface area contributed by atoms with Gasteiger partial charge < -0.3 is 15.6 Å². The Morgan fingerprint density at radius 2 is 2.43 bits per heavy atom. The van der Waals surface area contributed by atoms with Crippen LogP contribution in [0, 0.1) is 0 Å².